The molecule has 11 heteroatoms. The fourth-order valence-corrected chi connectivity index (χ4v) is 2.58. The van der Waals surface area contributed by atoms with E-state index in [1.165, 1.54) is 0 Å². The minimum atomic E-state index is -2.95. The van der Waals surface area contributed by atoms with Crippen molar-refractivity contribution in [3.05, 3.63) is 35.5 Å². The molecule has 0 spiro atoms. The van der Waals surface area contributed by atoms with Crippen LogP contribution in [0.3, 0.4) is 0 Å². The molecule has 2 N–H and O–H groups in total. The van der Waals surface area contributed by atoms with Crippen molar-refractivity contribution in [2.75, 3.05) is 19.7 Å². The van der Waals surface area contributed by atoms with Gasteiger partial charge in [-0.2, -0.15) is 13.8 Å². The van der Waals surface area contributed by atoms with Crippen molar-refractivity contribution in [2.24, 2.45) is 4.99 Å². The third kappa shape index (κ3) is 8.83. The number of hydrogen-bond donors (Lipinski definition) is 2. The van der Waals surface area contributed by atoms with Gasteiger partial charge in [0.05, 0.1) is 13.2 Å². The van der Waals surface area contributed by atoms with E-state index in [2.05, 4.69) is 30.5 Å². The van der Waals surface area contributed by atoms with E-state index >= 15 is 0 Å². The predicted octanol–water partition coefficient (Wildman–Crippen LogP) is 4.11. The Morgan fingerprint density at radius 1 is 1.23 bits per heavy atom. The number of guanidine groups is 1. The average molecular weight is 553 g/mol. The van der Waals surface area contributed by atoms with Crippen molar-refractivity contribution in [1.82, 2.24) is 20.8 Å². The molecule has 8 nitrogen and oxygen atoms in total. The Hall–Kier alpha value is -2.18. The number of rotatable bonds is 11. The van der Waals surface area contributed by atoms with Crippen LogP contribution in [0.5, 0.6) is 11.5 Å². The minimum Gasteiger partial charge on any atom is -0.490 e. The molecular weight excluding hydrogens is 523 g/mol. The summed E-state index contributed by atoms with van der Waals surface area (Å²) in [7, 11) is 0. The van der Waals surface area contributed by atoms with E-state index < -0.39 is 6.61 Å². The van der Waals surface area contributed by atoms with E-state index in [0.717, 1.165) is 0 Å². The van der Waals surface area contributed by atoms with Crippen LogP contribution in [0.4, 0.5) is 8.78 Å². The molecule has 0 fully saturated rings. The third-order valence-corrected chi connectivity index (χ3v) is 3.95. The standard InChI is InChI=1S/C20H29F2N5O3.HI/c1-5-23-20(24-11-10-16-26-18(13(3)4)27-30-16)25-12-14-8-7-9-15(28-6-2)17(14)29-19(21)22;/h7-9,13,19H,5-6,10-12H2,1-4H3,(H2,23,24,25);1H. The van der Waals surface area contributed by atoms with Gasteiger partial charge in [0.2, 0.25) is 5.89 Å². The Kier molecular flexibility index (Phi) is 12.1. The van der Waals surface area contributed by atoms with Crippen molar-refractivity contribution in [1.29, 1.82) is 0 Å². The van der Waals surface area contributed by atoms with Crippen LogP contribution < -0.4 is 20.1 Å². The zero-order chi connectivity index (χ0) is 21.9. The monoisotopic (exact) mass is 553 g/mol. The normalized spacial score (nSPS) is 11.4. The SMILES string of the molecule is CCNC(=NCc1cccc(OCC)c1OC(F)F)NCCc1nc(C(C)C)no1.I. The minimum absolute atomic E-state index is 0. The topological polar surface area (TPSA) is 93.8 Å². The number of benzene rings is 1. The van der Waals surface area contributed by atoms with Crippen LogP contribution >= 0.6 is 24.0 Å². The first-order chi connectivity index (χ1) is 14.4. The highest BCUT2D eigenvalue weighted by atomic mass is 127. The Morgan fingerprint density at radius 2 is 2.00 bits per heavy atom. The van der Waals surface area contributed by atoms with Crippen LogP contribution in [0.15, 0.2) is 27.7 Å². The number of ether oxygens (including phenoxy) is 2. The number of nitrogens with zero attached hydrogens (tertiary/aromatic N) is 3. The molecule has 174 valence electrons. The summed E-state index contributed by atoms with van der Waals surface area (Å²) >= 11 is 0. The average Bonchev–Trinajstić information content (AvgIpc) is 3.17. The molecule has 1 heterocycles. The molecule has 31 heavy (non-hydrogen) atoms. The van der Waals surface area contributed by atoms with Gasteiger partial charge < -0.3 is 24.6 Å². The van der Waals surface area contributed by atoms with Crippen molar-refractivity contribution >= 4 is 29.9 Å². The van der Waals surface area contributed by atoms with E-state index in [4.69, 9.17) is 9.26 Å². The molecule has 0 saturated carbocycles. The van der Waals surface area contributed by atoms with E-state index in [0.29, 0.717) is 49.4 Å². The Morgan fingerprint density at radius 3 is 2.61 bits per heavy atom. The lowest BCUT2D eigenvalue weighted by molar-refractivity contribution is -0.0520. The summed E-state index contributed by atoms with van der Waals surface area (Å²) in [5, 5.41) is 10.2. The van der Waals surface area contributed by atoms with Crippen LogP contribution in [-0.2, 0) is 13.0 Å². The fourth-order valence-electron chi connectivity index (χ4n) is 2.58. The molecule has 0 aliphatic rings. The number of aliphatic imine (C=N–C) groups is 1. The van der Waals surface area contributed by atoms with Crippen molar-refractivity contribution in [2.45, 2.75) is 53.2 Å². The maximum Gasteiger partial charge on any atom is 0.387 e. The zero-order valence-corrected chi connectivity index (χ0v) is 20.5. The number of alkyl halides is 2. The van der Waals surface area contributed by atoms with Gasteiger partial charge in [0.25, 0.3) is 0 Å². The second-order valence-corrected chi connectivity index (χ2v) is 6.63. The molecule has 0 unspecified atom stereocenters. The molecule has 0 aliphatic carbocycles. The van der Waals surface area contributed by atoms with Crippen LogP contribution in [0.2, 0.25) is 0 Å². The Labute approximate surface area is 198 Å². The molecule has 1 aromatic carbocycles. The van der Waals surface area contributed by atoms with Gasteiger partial charge in [-0.25, -0.2) is 4.99 Å². The predicted molar refractivity (Wildman–Crippen MR) is 125 cm³/mol. The first-order valence-corrected chi connectivity index (χ1v) is 9.98. The summed E-state index contributed by atoms with van der Waals surface area (Å²) in [4.78, 5) is 8.80. The van der Waals surface area contributed by atoms with Crippen molar-refractivity contribution < 1.29 is 22.8 Å². The smallest absolute Gasteiger partial charge is 0.387 e. The fraction of sp³-hybridized carbons (Fsp3) is 0.550. The second-order valence-electron chi connectivity index (χ2n) is 6.63. The first kappa shape index (κ1) is 26.9. The lowest BCUT2D eigenvalue weighted by Crippen LogP contribution is -2.38. The molecule has 0 saturated heterocycles. The van der Waals surface area contributed by atoms with Gasteiger partial charge in [-0.3, -0.25) is 0 Å². The maximum atomic E-state index is 12.9. The molecule has 0 bridgehead atoms. The molecule has 0 radical (unpaired) electrons. The lowest BCUT2D eigenvalue weighted by Gasteiger charge is -2.15. The van der Waals surface area contributed by atoms with Crippen molar-refractivity contribution in [3.63, 3.8) is 0 Å². The van der Waals surface area contributed by atoms with Gasteiger partial charge >= 0.3 is 6.61 Å². The van der Waals surface area contributed by atoms with Crippen LogP contribution in [0.1, 0.15) is 50.9 Å². The van der Waals surface area contributed by atoms with Gasteiger partial charge in [-0.15, -0.1) is 24.0 Å². The van der Waals surface area contributed by atoms with E-state index in [9.17, 15) is 8.78 Å². The summed E-state index contributed by atoms with van der Waals surface area (Å²) < 4.78 is 41.0. The summed E-state index contributed by atoms with van der Waals surface area (Å²) in [6, 6.07) is 4.99. The molecule has 0 amide bonds. The van der Waals surface area contributed by atoms with Crippen LogP contribution in [0, 0.1) is 0 Å². The first-order valence-electron chi connectivity index (χ1n) is 9.98. The zero-order valence-electron chi connectivity index (χ0n) is 18.2. The van der Waals surface area contributed by atoms with Gasteiger partial charge in [-0.1, -0.05) is 31.1 Å². The van der Waals surface area contributed by atoms with E-state index in [1.807, 2.05) is 20.8 Å². The number of aromatic nitrogens is 2. The summed E-state index contributed by atoms with van der Waals surface area (Å²) in [6.07, 6.45) is 0.531. The largest absolute Gasteiger partial charge is 0.490 e. The number of nitrogens with one attached hydrogen (secondary N) is 2. The highest BCUT2D eigenvalue weighted by Gasteiger charge is 2.16. The van der Waals surface area contributed by atoms with E-state index in [-0.39, 0.29) is 47.9 Å². The number of para-hydroxylation sites is 1. The van der Waals surface area contributed by atoms with Gasteiger partial charge in [-0.05, 0) is 19.9 Å². The molecule has 1 aromatic heterocycles. The number of halogens is 3. The van der Waals surface area contributed by atoms with E-state index in [1.54, 1.807) is 25.1 Å². The molecule has 2 rings (SSSR count). The molecular formula is C20H30F2IN5O3. The lowest BCUT2D eigenvalue weighted by atomic mass is 10.2. The third-order valence-electron chi connectivity index (χ3n) is 3.95. The van der Waals surface area contributed by atoms with Crippen LogP contribution in [-0.4, -0.2) is 42.4 Å². The van der Waals surface area contributed by atoms with Gasteiger partial charge in [0.15, 0.2) is 23.3 Å². The summed E-state index contributed by atoms with van der Waals surface area (Å²) in [5.41, 5.74) is 0.497. The Bertz CT molecular complexity index is 818. The Balaban J connectivity index is 0.00000480. The number of hydrogen-bond acceptors (Lipinski definition) is 6. The highest BCUT2D eigenvalue weighted by Crippen LogP contribution is 2.33. The van der Waals surface area contributed by atoms with Gasteiger partial charge in [0.1, 0.15) is 0 Å². The highest BCUT2D eigenvalue weighted by molar-refractivity contribution is 14.0. The second kappa shape index (κ2) is 14.0. The van der Waals surface area contributed by atoms with Crippen LogP contribution in [0.25, 0.3) is 0 Å². The van der Waals surface area contributed by atoms with Gasteiger partial charge in [0, 0.05) is 31.0 Å². The summed E-state index contributed by atoms with van der Waals surface area (Å²) in [5.74, 6) is 2.21. The molecule has 0 atom stereocenters. The quantitative estimate of drug-likeness (QED) is 0.246. The summed E-state index contributed by atoms with van der Waals surface area (Å²) in [6.45, 7) is 6.38. The van der Waals surface area contributed by atoms with Crippen molar-refractivity contribution in [3.8, 4) is 11.5 Å². The molecule has 0 aliphatic heterocycles. The molecule has 2 aromatic rings. The maximum absolute atomic E-state index is 12.9.